The first-order valence-electron chi connectivity index (χ1n) is 8.65. The van der Waals surface area contributed by atoms with E-state index in [9.17, 15) is 23.7 Å². The summed E-state index contributed by atoms with van der Waals surface area (Å²) < 4.78 is 44.3. The Morgan fingerprint density at radius 2 is 1.93 bits per heavy atom. The fourth-order valence-corrected chi connectivity index (χ4v) is 2.48. The molecule has 0 fully saturated rings. The van der Waals surface area contributed by atoms with E-state index in [0.717, 1.165) is 6.07 Å². The molecule has 0 aromatic heterocycles. The molecule has 0 amide bonds. The van der Waals surface area contributed by atoms with E-state index in [0.29, 0.717) is 24.4 Å². The average Bonchev–Trinajstić information content (AvgIpc) is 2.72. The number of hydrogen-bond donors (Lipinski definition) is 1. The highest BCUT2D eigenvalue weighted by Gasteiger charge is 2.19. The highest BCUT2D eigenvalue weighted by atomic mass is 19.3. The SMILES string of the molecule is COCCNc1ccc([N+](=O)[O-])cc1C(=O)OCc1ccc(OC(F)F)c(OC)c1. The molecular weight excluding hydrogens is 406 g/mol. The van der Waals surface area contributed by atoms with Crippen molar-refractivity contribution in [3.05, 3.63) is 57.6 Å². The zero-order valence-corrected chi connectivity index (χ0v) is 16.2. The van der Waals surface area contributed by atoms with Crippen LogP contribution in [0, 0.1) is 10.1 Å². The summed E-state index contributed by atoms with van der Waals surface area (Å²) in [4.78, 5) is 23.0. The number of rotatable bonds is 11. The van der Waals surface area contributed by atoms with Gasteiger partial charge in [0.15, 0.2) is 11.5 Å². The molecule has 30 heavy (non-hydrogen) atoms. The van der Waals surface area contributed by atoms with Gasteiger partial charge in [0, 0.05) is 31.5 Å². The van der Waals surface area contributed by atoms with Crippen LogP contribution in [0.25, 0.3) is 0 Å². The van der Waals surface area contributed by atoms with Crippen LogP contribution < -0.4 is 14.8 Å². The Labute approximate surface area is 170 Å². The van der Waals surface area contributed by atoms with E-state index in [2.05, 4.69) is 10.1 Å². The molecule has 2 rings (SSSR count). The van der Waals surface area contributed by atoms with Crippen LogP contribution in [0.5, 0.6) is 11.5 Å². The summed E-state index contributed by atoms with van der Waals surface area (Å²) in [5.41, 5.74) is 0.501. The third-order valence-corrected chi connectivity index (χ3v) is 3.87. The monoisotopic (exact) mass is 426 g/mol. The summed E-state index contributed by atoms with van der Waals surface area (Å²) in [7, 11) is 2.79. The maximum Gasteiger partial charge on any atom is 0.387 e. The number of non-ortho nitro benzene ring substituents is 1. The summed E-state index contributed by atoms with van der Waals surface area (Å²) in [5, 5.41) is 14.0. The number of benzene rings is 2. The normalized spacial score (nSPS) is 10.6. The molecule has 0 atom stereocenters. The quantitative estimate of drug-likeness (QED) is 0.251. The van der Waals surface area contributed by atoms with Crippen LogP contribution in [0.15, 0.2) is 36.4 Å². The van der Waals surface area contributed by atoms with Crippen LogP contribution >= 0.6 is 0 Å². The number of carbonyl (C=O) groups is 1. The maximum atomic E-state index is 12.5. The lowest BCUT2D eigenvalue weighted by Crippen LogP contribution is -2.13. The molecule has 1 N–H and O–H groups in total. The smallest absolute Gasteiger partial charge is 0.387 e. The molecule has 11 heteroatoms. The van der Waals surface area contributed by atoms with Crippen molar-refractivity contribution in [2.45, 2.75) is 13.2 Å². The first-order valence-corrected chi connectivity index (χ1v) is 8.65. The number of alkyl halides is 2. The standard InChI is InChI=1S/C19H20F2N2O7/c1-27-8-7-22-15-5-4-13(23(25)26)10-14(15)18(24)29-11-12-3-6-16(30-19(20)21)17(9-12)28-2/h3-6,9-10,19,22H,7-8,11H2,1-2H3. The highest BCUT2D eigenvalue weighted by molar-refractivity contribution is 5.96. The van der Waals surface area contributed by atoms with Crippen molar-refractivity contribution in [2.75, 3.05) is 32.7 Å². The largest absolute Gasteiger partial charge is 0.493 e. The number of carbonyl (C=O) groups excluding carboxylic acids is 1. The molecule has 0 aliphatic carbocycles. The Hall–Kier alpha value is -3.47. The van der Waals surface area contributed by atoms with E-state index in [4.69, 9.17) is 14.2 Å². The third-order valence-electron chi connectivity index (χ3n) is 3.87. The molecule has 0 unspecified atom stereocenters. The molecule has 0 saturated heterocycles. The second-order valence-corrected chi connectivity index (χ2v) is 5.85. The lowest BCUT2D eigenvalue weighted by Gasteiger charge is -2.13. The second-order valence-electron chi connectivity index (χ2n) is 5.85. The van der Waals surface area contributed by atoms with Gasteiger partial charge in [0.05, 0.1) is 24.2 Å². The Kier molecular flexibility index (Phi) is 8.29. The predicted molar refractivity (Wildman–Crippen MR) is 102 cm³/mol. The third kappa shape index (κ3) is 6.27. The number of nitrogens with one attached hydrogen (secondary N) is 1. The van der Waals surface area contributed by atoms with Crippen molar-refractivity contribution in [3.8, 4) is 11.5 Å². The molecular formula is C19H20F2N2O7. The van der Waals surface area contributed by atoms with Gasteiger partial charge in [-0.3, -0.25) is 10.1 Å². The molecule has 2 aromatic rings. The van der Waals surface area contributed by atoms with Gasteiger partial charge in [0.25, 0.3) is 5.69 Å². The van der Waals surface area contributed by atoms with Crippen LogP contribution in [-0.4, -0.2) is 44.9 Å². The van der Waals surface area contributed by atoms with E-state index in [1.807, 2.05) is 0 Å². The van der Waals surface area contributed by atoms with Crippen molar-refractivity contribution in [3.63, 3.8) is 0 Å². The molecule has 0 aliphatic heterocycles. The minimum atomic E-state index is -3.01. The van der Waals surface area contributed by atoms with E-state index in [1.54, 1.807) is 0 Å². The molecule has 0 bridgehead atoms. The minimum absolute atomic E-state index is 0.0232. The second kappa shape index (κ2) is 10.9. The number of hydrogen-bond acceptors (Lipinski definition) is 8. The van der Waals surface area contributed by atoms with Crippen molar-refractivity contribution in [1.29, 1.82) is 0 Å². The Balaban J connectivity index is 2.16. The number of nitro groups is 1. The number of anilines is 1. The summed E-state index contributed by atoms with van der Waals surface area (Å²) in [5.74, 6) is -0.919. The zero-order chi connectivity index (χ0) is 22.1. The Morgan fingerprint density at radius 1 is 1.17 bits per heavy atom. The number of esters is 1. The first kappa shape index (κ1) is 22.8. The van der Waals surface area contributed by atoms with Gasteiger partial charge in [-0.05, 0) is 23.8 Å². The van der Waals surface area contributed by atoms with Gasteiger partial charge in [-0.25, -0.2) is 4.79 Å². The fourth-order valence-electron chi connectivity index (χ4n) is 2.48. The van der Waals surface area contributed by atoms with Gasteiger partial charge in [-0.2, -0.15) is 8.78 Å². The van der Waals surface area contributed by atoms with E-state index >= 15 is 0 Å². The van der Waals surface area contributed by atoms with Gasteiger partial charge in [0.1, 0.15) is 6.61 Å². The summed E-state index contributed by atoms with van der Waals surface area (Å²) >= 11 is 0. The van der Waals surface area contributed by atoms with Gasteiger partial charge in [-0.15, -0.1) is 0 Å². The number of nitrogens with zero attached hydrogens (tertiary/aromatic N) is 1. The van der Waals surface area contributed by atoms with Crippen LogP contribution in [0.3, 0.4) is 0 Å². The Morgan fingerprint density at radius 3 is 2.57 bits per heavy atom. The predicted octanol–water partition coefficient (Wildman–Crippen LogP) is 3.62. The number of methoxy groups -OCH3 is 2. The molecule has 0 spiro atoms. The molecule has 0 saturated carbocycles. The summed E-state index contributed by atoms with van der Waals surface area (Å²) in [6.45, 7) is -2.50. The summed E-state index contributed by atoms with van der Waals surface area (Å²) in [6, 6.07) is 7.86. The van der Waals surface area contributed by atoms with Crippen molar-refractivity contribution >= 4 is 17.3 Å². The van der Waals surface area contributed by atoms with Gasteiger partial charge in [-0.1, -0.05) is 6.07 Å². The first-order chi connectivity index (χ1) is 14.3. The number of halogens is 2. The van der Waals surface area contributed by atoms with E-state index in [-0.39, 0.29) is 29.4 Å². The molecule has 2 aromatic carbocycles. The molecule has 0 aliphatic rings. The summed E-state index contributed by atoms with van der Waals surface area (Å²) in [6.07, 6.45) is 0. The topological polar surface area (TPSA) is 109 Å². The number of nitro benzene ring substituents is 1. The lowest BCUT2D eigenvalue weighted by atomic mass is 10.1. The van der Waals surface area contributed by atoms with Crippen LogP contribution in [0.2, 0.25) is 0 Å². The molecule has 9 nitrogen and oxygen atoms in total. The average molecular weight is 426 g/mol. The van der Waals surface area contributed by atoms with Crippen LogP contribution in [0.4, 0.5) is 20.2 Å². The van der Waals surface area contributed by atoms with Gasteiger partial charge in [0.2, 0.25) is 0 Å². The van der Waals surface area contributed by atoms with Crippen molar-refractivity contribution < 1.29 is 37.4 Å². The van der Waals surface area contributed by atoms with E-state index < -0.39 is 17.5 Å². The highest BCUT2D eigenvalue weighted by Crippen LogP contribution is 2.30. The van der Waals surface area contributed by atoms with Gasteiger partial charge >= 0.3 is 12.6 Å². The van der Waals surface area contributed by atoms with Crippen LogP contribution in [-0.2, 0) is 16.1 Å². The fraction of sp³-hybridized carbons (Fsp3) is 0.316. The zero-order valence-electron chi connectivity index (χ0n) is 16.2. The van der Waals surface area contributed by atoms with Crippen molar-refractivity contribution in [2.24, 2.45) is 0 Å². The molecule has 162 valence electrons. The van der Waals surface area contributed by atoms with E-state index in [1.165, 1.54) is 44.6 Å². The number of ether oxygens (including phenoxy) is 4. The molecule has 0 heterocycles. The molecule has 0 radical (unpaired) electrons. The minimum Gasteiger partial charge on any atom is -0.493 e. The van der Waals surface area contributed by atoms with Crippen molar-refractivity contribution in [1.82, 2.24) is 0 Å². The maximum absolute atomic E-state index is 12.5. The lowest BCUT2D eigenvalue weighted by molar-refractivity contribution is -0.384. The van der Waals surface area contributed by atoms with Crippen LogP contribution in [0.1, 0.15) is 15.9 Å². The van der Waals surface area contributed by atoms with Gasteiger partial charge < -0.3 is 24.3 Å². The Bertz CT molecular complexity index is 893.